The number of urea groups is 1. The van der Waals surface area contributed by atoms with Crippen molar-refractivity contribution in [3.05, 3.63) is 30.3 Å². The summed E-state index contributed by atoms with van der Waals surface area (Å²) >= 11 is 0. The average molecular weight is 219 g/mol. The van der Waals surface area contributed by atoms with Gasteiger partial charge < -0.3 is 10.6 Å². The monoisotopic (exact) mass is 219 g/mol. The van der Waals surface area contributed by atoms with Crippen molar-refractivity contribution in [1.29, 1.82) is 0 Å². The molecule has 1 saturated heterocycles. The molecule has 2 amide bonds. The maximum absolute atomic E-state index is 11.7. The predicted molar refractivity (Wildman–Crippen MR) is 64.6 cm³/mol. The highest BCUT2D eigenvalue weighted by Crippen LogP contribution is 2.17. The van der Waals surface area contributed by atoms with Crippen molar-refractivity contribution in [2.75, 3.05) is 31.6 Å². The number of para-hydroxylation sites is 1. The van der Waals surface area contributed by atoms with Gasteiger partial charge in [-0.25, -0.2) is 4.79 Å². The van der Waals surface area contributed by atoms with Gasteiger partial charge in [0.2, 0.25) is 0 Å². The summed E-state index contributed by atoms with van der Waals surface area (Å²) < 4.78 is 0. The highest BCUT2D eigenvalue weighted by Gasteiger charge is 2.25. The van der Waals surface area contributed by atoms with Crippen molar-refractivity contribution in [2.24, 2.45) is 5.92 Å². The molecular weight excluding hydrogens is 202 g/mol. The van der Waals surface area contributed by atoms with Gasteiger partial charge in [0.15, 0.2) is 0 Å². The van der Waals surface area contributed by atoms with Crippen LogP contribution >= 0.6 is 0 Å². The van der Waals surface area contributed by atoms with Crippen LogP contribution in [0.15, 0.2) is 30.3 Å². The van der Waals surface area contributed by atoms with E-state index in [4.69, 9.17) is 0 Å². The molecule has 0 bridgehead atoms. The third kappa shape index (κ3) is 2.33. The first-order valence-corrected chi connectivity index (χ1v) is 5.56. The van der Waals surface area contributed by atoms with E-state index in [2.05, 4.69) is 10.6 Å². The predicted octanol–water partition coefficient (Wildman–Crippen LogP) is 1.05. The first-order valence-electron chi connectivity index (χ1n) is 5.56. The lowest BCUT2D eigenvalue weighted by Crippen LogP contribution is -2.53. The van der Waals surface area contributed by atoms with Gasteiger partial charge in [-0.3, -0.25) is 4.90 Å². The van der Waals surface area contributed by atoms with Crippen LogP contribution < -0.4 is 15.5 Å². The lowest BCUT2D eigenvalue weighted by Gasteiger charge is -2.33. The molecule has 0 saturated carbocycles. The molecule has 0 aromatic heterocycles. The van der Waals surface area contributed by atoms with Crippen LogP contribution in [0.25, 0.3) is 0 Å². The van der Waals surface area contributed by atoms with Gasteiger partial charge in [-0.05, 0) is 19.2 Å². The number of nitrogens with one attached hydrogen (secondary N) is 2. The van der Waals surface area contributed by atoms with Crippen molar-refractivity contribution < 1.29 is 4.79 Å². The minimum atomic E-state index is -0.00134. The van der Waals surface area contributed by atoms with Crippen molar-refractivity contribution in [1.82, 2.24) is 10.6 Å². The number of hydrogen-bond donors (Lipinski definition) is 2. The van der Waals surface area contributed by atoms with E-state index in [0.717, 1.165) is 25.3 Å². The zero-order valence-corrected chi connectivity index (χ0v) is 9.44. The molecule has 4 heteroatoms. The molecular formula is C12H17N3O. The summed E-state index contributed by atoms with van der Waals surface area (Å²) in [5, 5.41) is 6.06. The number of benzene rings is 1. The van der Waals surface area contributed by atoms with Gasteiger partial charge in [0.1, 0.15) is 0 Å². The summed E-state index contributed by atoms with van der Waals surface area (Å²) in [6, 6.07) is 9.77. The maximum atomic E-state index is 11.7. The summed E-state index contributed by atoms with van der Waals surface area (Å²) in [6.45, 7) is 2.45. The number of anilines is 1. The lowest BCUT2D eigenvalue weighted by atomic mass is 10.1. The van der Waals surface area contributed by atoms with E-state index < -0.39 is 0 Å². The van der Waals surface area contributed by atoms with Crippen molar-refractivity contribution in [3.8, 4) is 0 Å². The second-order valence-corrected chi connectivity index (χ2v) is 4.06. The SMILES string of the molecule is CNCC1CNC(=O)N(c2ccccc2)C1. The van der Waals surface area contributed by atoms with E-state index in [1.807, 2.05) is 37.4 Å². The number of carbonyl (C=O) groups excluding carboxylic acids is 1. The zero-order chi connectivity index (χ0) is 11.4. The topological polar surface area (TPSA) is 44.4 Å². The second kappa shape index (κ2) is 4.99. The maximum Gasteiger partial charge on any atom is 0.321 e. The van der Waals surface area contributed by atoms with Crippen LogP contribution in [0.1, 0.15) is 0 Å². The fourth-order valence-electron chi connectivity index (χ4n) is 1.99. The third-order valence-electron chi connectivity index (χ3n) is 2.79. The molecule has 16 heavy (non-hydrogen) atoms. The molecule has 1 aromatic rings. The summed E-state index contributed by atoms with van der Waals surface area (Å²) in [7, 11) is 1.93. The Balaban J connectivity index is 2.10. The van der Waals surface area contributed by atoms with E-state index in [9.17, 15) is 4.79 Å². The Hall–Kier alpha value is -1.55. The van der Waals surface area contributed by atoms with Gasteiger partial charge >= 0.3 is 6.03 Å². The molecule has 2 rings (SSSR count). The van der Waals surface area contributed by atoms with Gasteiger partial charge in [-0.15, -0.1) is 0 Å². The Bertz CT molecular complexity index is 353. The van der Waals surface area contributed by atoms with E-state index >= 15 is 0 Å². The fraction of sp³-hybridized carbons (Fsp3) is 0.417. The Morgan fingerprint density at radius 3 is 2.88 bits per heavy atom. The van der Waals surface area contributed by atoms with Crippen LogP contribution in [0.3, 0.4) is 0 Å². The minimum absolute atomic E-state index is 0.00134. The number of rotatable bonds is 3. The molecule has 1 fully saturated rings. The number of carbonyl (C=O) groups is 1. The van der Waals surface area contributed by atoms with Crippen LogP contribution in [0, 0.1) is 5.92 Å². The molecule has 1 aliphatic heterocycles. The van der Waals surface area contributed by atoms with Gasteiger partial charge in [0.05, 0.1) is 0 Å². The second-order valence-electron chi connectivity index (χ2n) is 4.06. The molecule has 0 spiro atoms. The molecule has 1 unspecified atom stereocenters. The van der Waals surface area contributed by atoms with Gasteiger partial charge in [-0.1, -0.05) is 18.2 Å². The largest absolute Gasteiger partial charge is 0.337 e. The summed E-state index contributed by atoms with van der Waals surface area (Å²) in [5.41, 5.74) is 0.959. The Kier molecular flexibility index (Phi) is 3.41. The van der Waals surface area contributed by atoms with Crippen molar-refractivity contribution >= 4 is 11.7 Å². The summed E-state index contributed by atoms with van der Waals surface area (Å²) in [4.78, 5) is 13.5. The molecule has 0 aliphatic carbocycles. The van der Waals surface area contributed by atoms with Crippen molar-refractivity contribution in [2.45, 2.75) is 0 Å². The molecule has 1 aromatic carbocycles. The van der Waals surface area contributed by atoms with Crippen LogP contribution in [0.5, 0.6) is 0 Å². The Morgan fingerprint density at radius 2 is 2.19 bits per heavy atom. The molecule has 2 N–H and O–H groups in total. The van der Waals surface area contributed by atoms with Crippen LogP contribution in [0.4, 0.5) is 10.5 Å². The van der Waals surface area contributed by atoms with E-state index in [-0.39, 0.29) is 6.03 Å². The lowest BCUT2D eigenvalue weighted by molar-refractivity contribution is 0.236. The first kappa shape index (κ1) is 11.0. The highest BCUT2D eigenvalue weighted by atomic mass is 16.2. The molecule has 4 nitrogen and oxygen atoms in total. The van der Waals surface area contributed by atoms with E-state index in [0.29, 0.717) is 5.92 Å². The van der Waals surface area contributed by atoms with Gasteiger partial charge in [-0.2, -0.15) is 0 Å². The van der Waals surface area contributed by atoms with Crippen LogP contribution in [0.2, 0.25) is 0 Å². The number of nitrogens with zero attached hydrogens (tertiary/aromatic N) is 1. The minimum Gasteiger partial charge on any atom is -0.337 e. The van der Waals surface area contributed by atoms with E-state index in [1.165, 1.54) is 0 Å². The molecule has 0 radical (unpaired) electrons. The average Bonchev–Trinajstić information content (AvgIpc) is 2.33. The molecule has 1 heterocycles. The molecule has 1 atom stereocenters. The Morgan fingerprint density at radius 1 is 1.44 bits per heavy atom. The van der Waals surface area contributed by atoms with Crippen molar-refractivity contribution in [3.63, 3.8) is 0 Å². The van der Waals surface area contributed by atoms with Crippen LogP contribution in [-0.2, 0) is 0 Å². The first-order chi connectivity index (χ1) is 7.81. The van der Waals surface area contributed by atoms with Gasteiger partial charge in [0.25, 0.3) is 0 Å². The zero-order valence-electron chi connectivity index (χ0n) is 9.44. The number of hydrogen-bond acceptors (Lipinski definition) is 2. The van der Waals surface area contributed by atoms with Crippen LogP contribution in [-0.4, -0.2) is 32.7 Å². The number of amides is 2. The third-order valence-corrected chi connectivity index (χ3v) is 2.79. The standard InChI is InChI=1S/C12H17N3O/c1-13-7-10-8-14-12(16)15(9-10)11-5-3-2-4-6-11/h2-6,10,13H,7-9H2,1H3,(H,14,16). The van der Waals surface area contributed by atoms with E-state index in [1.54, 1.807) is 4.90 Å². The summed E-state index contributed by atoms with van der Waals surface area (Å²) in [6.07, 6.45) is 0. The fourth-order valence-corrected chi connectivity index (χ4v) is 1.99. The summed E-state index contributed by atoms with van der Waals surface area (Å²) in [5.74, 6) is 0.461. The Labute approximate surface area is 95.6 Å². The quantitative estimate of drug-likeness (QED) is 0.798. The normalized spacial score (nSPS) is 20.7. The van der Waals surface area contributed by atoms with Gasteiger partial charge in [0, 0.05) is 31.2 Å². The molecule has 86 valence electrons. The smallest absolute Gasteiger partial charge is 0.321 e. The molecule has 1 aliphatic rings. The highest BCUT2D eigenvalue weighted by molar-refractivity contribution is 5.92.